The number of hydrogen-bond acceptors (Lipinski definition) is 5. The Labute approximate surface area is 186 Å². The van der Waals surface area contributed by atoms with Gasteiger partial charge in [0, 0.05) is 31.7 Å². The number of fused-ring (bicyclic) bond motifs is 1. The van der Waals surface area contributed by atoms with Crippen molar-refractivity contribution in [1.82, 2.24) is 14.5 Å². The molecule has 4 aromatic rings. The Bertz CT molecular complexity index is 1360. The molecule has 1 aliphatic rings. The highest BCUT2D eigenvalue weighted by atomic mass is 32.2. The van der Waals surface area contributed by atoms with Gasteiger partial charge in [-0.1, -0.05) is 54.6 Å². The lowest BCUT2D eigenvalue weighted by molar-refractivity contribution is 0.381. The number of sulfonamides is 1. The van der Waals surface area contributed by atoms with Gasteiger partial charge in [-0.15, -0.1) is 10.2 Å². The molecule has 3 aromatic carbocycles. The maximum absolute atomic E-state index is 14.0. The van der Waals surface area contributed by atoms with Gasteiger partial charge in [0.2, 0.25) is 10.0 Å². The minimum atomic E-state index is -3.87. The van der Waals surface area contributed by atoms with E-state index in [4.69, 9.17) is 0 Å². The molecule has 1 aromatic heterocycles. The third kappa shape index (κ3) is 3.72. The Morgan fingerprint density at radius 1 is 0.750 bits per heavy atom. The summed E-state index contributed by atoms with van der Waals surface area (Å²) in [7, 11) is -3.87. The SMILES string of the molecule is O=S(=O)(c1ccccc1F)N1CCN(c2ccc(-c3cccc4ccccc34)nn2)CC1. The van der Waals surface area contributed by atoms with E-state index in [1.807, 2.05) is 41.3 Å². The largest absolute Gasteiger partial charge is 0.352 e. The quantitative estimate of drug-likeness (QED) is 0.473. The highest BCUT2D eigenvalue weighted by Gasteiger charge is 2.30. The summed E-state index contributed by atoms with van der Waals surface area (Å²) in [5, 5.41) is 11.1. The highest BCUT2D eigenvalue weighted by molar-refractivity contribution is 7.89. The highest BCUT2D eigenvalue weighted by Crippen LogP contribution is 2.28. The molecule has 0 bridgehead atoms. The molecule has 162 valence electrons. The normalized spacial score (nSPS) is 15.2. The molecule has 1 fully saturated rings. The fourth-order valence-corrected chi connectivity index (χ4v) is 5.52. The lowest BCUT2D eigenvalue weighted by atomic mass is 10.0. The second-order valence-electron chi connectivity index (χ2n) is 7.63. The van der Waals surface area contributed by atoms with E-state index in [1.165, 1.54) is 22.5 Å². The van der Waals surface area contributed by atoms with Crippen LogP contribution < -0.4 is 4.90 Å². The average molecular weight is 449 g/mol. The molecule has 8 heteroatoms. The summed E-state index contributed by atoms with van der Waals surface area (Å²) in [4.78, 5) is 1.71. The van der Waals surface area contributed by atoms with Crippen LogP contribution in [0.2, 0.25) is 0 Å². The van der Waals surface area contributed by atoms with Crippen molar-refractivity contribution in [2.24, 2.45) is 0 Å². The van der Waals surface area contributed by atoms with Gasteiger partial charge >= 0.3 is 0 Å². The lowest BCUT2D eigenvalue weighted by Gasteiger charge is -2.34. The number of benzene rings is 3. The van der Waals surface area contributed by atoms with E-state index in [1.54, 1.807) is 0 Å². The molecule has 0 unspecified atom stereocenters. The lowest BCUT2D eigenvalue weighted by Crippen LogP contribution is -2.49. The van der Waals surface area contributed by atoms with Gasteiger partial charge in [0.1, 0.15) is 10.7 Å². The number of halogens is 1. The van der Waals surface area contributed by atoms with Crippen LogP contribution in [0.1, 0.15) is 0 Å². The van der Waals surface area contributed by atoms with Crippen molar-refractivity contribution in [3.05, 3.63) is 84.7 Å². The predicted octanol–water partition coefficient (Wildman–Crippen LogP) is 3.95. The molecule has 32 heavy (non-hydrogen) atoms. The number of aromatic nitrogens is 2. The summed E-state index contributed by atoms with van der Waals surface area (Å²) in [5.41, 5.74) is 1.80. The number of hydrogen-bond donors (Lipinski definition) is 0. The van der Waals surface area contributed by atoms with Crippen molar-refractivity contribution in [2.45, 2.75) is 4.90 Å². The summed E-state index contributed by atoms with van der Waals surface area (Å²) in [5.74, 6) is -0.0400. The first-order chi connectivity index (χ1) is 15.5. The van der Waals surface area contributed by atoms with E-state index in [-0.39, 0.29) is 18.0 Å². The zero-order valence-electron chi connectivity index (χ0n) is 17.2. The summed E-state index contributed by atoms with van der Waals surface area (Å²) in [6.07, 6.45) is 0. The van der Waals surface area contributed by atoms with Crippen LogP contribution in [0.25, 0.3) is 22.0 Å². The van der Waals surface area contributed by atoms with E-state index in [2.05, 4.69) is 28.4 Å². The van der Waals surface area contributed by atoms with Gasteiger partial charge in [-0.3, -0.25) is 0 Å². The van der Waals surface area contributed by atoms with Crippen molar-refractivity contribution in [3.63, 3.8) is 0 Å². The fraction of sp³-hybridized carbons (Fsp3) is 0.167. The van der Waals surface area contributed by atoms with Crippen LogP contribution in [0.15, 0.2) is 83.8 Å². The van der Waals surface area contributed by atoms with Crippen LogP contribution in [0, 0.1) is 5.82 Å². The van der Waals surface area contributed by atoms with Crippen LogP contribution in [-0.2, 0) is 10.0 Å². The number of piperazine rings is 1. The second-order valence-corrected chi connectivity index (χ2v) is 9.53. The fourth-order valence-electron chi connectivity index (χ4n) is 4.04. The zero-order valence-corrected chi connectivity index (χ0v) is 18.0. The van der Waals surface area contributed by atoms with Crippen LogP contribution in [0.3, 0.4) is 0 Å². The molecule has 1 aliphatic heterocycles. The van der Waals surface area contributed by atoms with E-state index >= 15 is 0 Å². The van der Waals surface area contributed by atoms with Gasteiger partial charge in [0.25, 0.3) is 0 Å². The molecule has 6 nitrogen and oxygen atoms in total. The van der Waals surface area contributed by atoms with Crippen LogP contribution in [0.5, 0.6) is 0 Å². The molecular formula is C24H21FN4O2S. The van der Waals surface area contributed by atoms with Crippen molar-refractivity contribution in [3.8, 4) is 11.3 Å². The van der Waals surface area contributed by atoms with Gasteiger partial charge in [-0.05, 0) is 35.0 Å². The Kier molecular flexibility index (Phi) is 5.32. The van der Waals surface area contributed by atoms with E-state index in [9.17, 15) is 12.8 Å². The molecule has 0 atom stereocenters. The molecular weight excluding hydrogens is 427 g/mol. The standard InChI is InChI=1S/C24H21FN4O2S/c25-21-10-3-4-11-23(21)32(30,31)29-16-14-28(15-17-29)24-13-12-22(26-27-24)20-9-5-7-18-6-1-2-8-19(18)20/h1-13H,14-17H2. The van der Waals surface area contributed by atoms with Crippen molar-refractivity contribution in [2.75, 3.05) is 31.1 Å². The number of anilines is 1. The van der Waals surface area contributed by atoms with E-state index in [0.717, 1.165) is 28.1 Å². The first kappa shape index (κ1) is 20.5. The zero-order chi connectivity index (χ0) is 22.1. The second kappa shape index (κ2) is 8.29. The third-order valence-electron chi connectivity index (χ3n) is 5.73. The van der Waals surface area contributed by atoms with Crippen molar-refractivity contribution >= 4 is 26.6 Å². The van der Waals surface area contributed by atoms with E-state index < -0.39 is 15.8 Å². The van der Waals surface area contributed by atoms with Crippen LogP contribution in [-0.4, -0.2) is 49.1 Å². The molecule has 0 N–H and O–H groups in total. The minimum absolute atomic E-state index is 0.253. The maximum Gasteiger partial charge on any atom is 0.246 e. The average Bonchev–Trinajstić information content (AvgIpc) is 2.84. The molecule has 0 radical (unpaired) electrons. The summed E-state index contributed by atoms with van der Waals surface area (Å²) in [6, 6.07) is 23.5. The number of rotatable bonds is 4. The van der Waals surface area contributed by atoms with Crippen molar-refractivity contribution in [1.29, 1.82) is 0 Å². The minimum Gasteiger partial charge on any atom is -0.352 e. The summed E-state index contributed by atoms with van der Waals surface area (Å²) < 4.78 is 40.9. The van der Waals surface area contributed by atoms with Gasteiger partial charge in [-0.2, -0.15) is 4.31 Å². The van der Waals surface area contributed by atoms with E-state index in [0.29, 0.717) is 18.9 Å². The van der Waals surface area contributed by atoms with Crippen LogP contribution >= 0.6 is 0 Å². The molecule has 0 amide bonds. The Balaban J connectivity index is 1.32. The van der Waals surface area contributed by atoms with Gasteiger partial charge in [0.05, 0.1) is 5.69 Å². The predicted molar refractivity (Wildman–Crippen MR) is 122 cm³/mol. The van der Waals surface area contributed by atoms with Crippen molar-refractivity contribution < 1.29 is 12.8 Å². The smallest absolute Gasteiger partial charge is 0.246 e. The topological polar surface area (TPSA) is 66.4 Å². The first-order valence-electron chi connectivity index (χ1n) is 10.4. The molecule has 0 aliphatic carbocycles. The van der Waals surface area contributed by atoms with Gasteiger partial charge in [0.15, 0.2) is 5.82 Å². The summed E-state index contributed by atoms with van der Waals surface area (Å²) >= 11 is 0. The Morgan fingerprint density at radius 3 is 2.22 bits per heavy atom. The van der Waals surface area contributed by atoms with Gasteiger partial charge < -0.3 is 4.90 Å². The molecule has 1 saturated heterocycles. The first-order valence-corrected chi connectivity index (χ1v) is 11.8. The monoisotopic (exact) mass is 448 g/mol. The maximum atomic E-state index is 14.0. The Hall–Kier alpha value is -3.36. The van der Waals surface area contributed by atoms with Crippen LogP contribution in [0.4, 0.5) is 10.2 Å². The molecule has 0 spiro atoms. The Morgan fingerprint density at radius 2 is 1.47 bits per heavy atom. The summed E-state index contributed by atoms with van der Waals surface area (Å²) in [6.45, 7) is 1.42. The van der Waals surface area contributed by atoms with Gasteiger partial charge in [-0.25, -0.2) is 12.8 Å². The molecule has 5 rings (SSSR count). The molecule has 2 heterocycles. The number of nitrogens with zero attached hydrogens (tertiary/aromatic N) is 4. The molecule has 0 saturated carbocycles. The third-order valence-corrected chi connectivity index (χ3v) is 7.67.